The summed E-state index contributed by atoms with van der Waals surface area (Å²) in [6.45, 7) is 0. The zero-order valence-electron chi connectivity index (χ0n) is 7.57. The molecule has 0 saturated carbocycles. The standard InChI is InChI=1S/C10H18BrI/c11-9-7-5-3-1-2-4-6-8-10-12/h6,8H,1-5,7,9-10H2. The van der Waals surface area contributed by atoms with Gasteiger partial charge in [-0.2, -0.15) is 0 Å². The highest BCUT2D eigenvalue weighted by atomic mass is 127. The summed E-state index contributed by atoms with van der Waals surface area (Å²) in [6.07, 6.45) is 12.7. The molecule has 0 aliphatic carbocycles. The minimum atomic E-state index is 1.15. The van der Waals surface area contributed by atoms with Crippen molar-refractivity contribution in [3.8, 4) is 0 Å². The van der Waals surface area contributed by atoms with Crippen LogP contribution in [0.2, 0.25) is 0 Å². The lowest BCUT2D eigenvalue weighted by Crippen LogP contribution is -1.79. The molecule has 0 heterocycles. The molecular weight excluding hydrogens is 327 g/mol. The highest BCUT2D eigenvalue weighted by molar-refractivity contribution is 14.1. The first-order valence-electron chi connectivity index (χ1n) is 4.68. The fourth-order valence-electron chi connectivity index (χ4n) is 1.07. The number of allylic oxidation sites excluding steroid dienone is 2. The largest absolute Gasteiger partial charge is 0.0928 e. The lowest BCUT2D eigenvalue weighted by Gasteiger charge is -1.96. The summed E-state index contributed by atoms with van der Waals surface area (Å²) in [7, 11) is 0. The van der Waals surface area contributed by atoms with Gasteiger partial charge in [0.15, 0.2) is 0 Å². The molecule has 0 aromatic heterocycles. The van der Waals surface area contributed by atoms with Gasteiger partial charge in [0.05, 0.1) is 0 Å². The molecule has 0 aromatic carbocycles. The highest BCUT2D eigenvalue weighted by Crippen LogP contribution is 2.06. The molecule has 0 fully saturated rings. The molecule has 0 aliphatic rings. The minimum Gasteiger partial charge on any atom is -0.0928 e. The summed E-state index contributed by atoms with van der Waals surface area (Å²) in [6, 6.07) is 0. The Bertz CT molecular complexity index is 102. The maximum absolute atomic E-state index is 3.44. The predicted molar refractivity (Wildman–Crippen MR) is 69.5 cm³/mol. The van der Waals surface area contributed by atoms with Gasteiger partial charge in [0.2, 0.25) is 0 Å². The molecule has 0 nitrogen and oxygen atoms in total. The van der Waals surface area contributed by atoms with E-state index in [0.29, 0.717) is 0 Å². The topological polar surface area (TPSA) is 0 Å². The van der Waals surface area contributed by atoms with Gasteiger partial charge in [-0.3, -0.25) is 0 Å². The van der Waals surface area contributed by atoms with Crippen LogP contribution in [0.3, 0.4) is 0 Å². The van der Waals surface area contributed by atoms with Gasteiger partial charge in [-0.25, -0.2) is 0 Å². The van der Waals surface area contributed by atoms with E-state index in [1.165, 1.54) is 43.9 Å². The van der Waals surface area contributed by atoms with Crippen LogP contribution in [0, 0.1) is 0 Å². The summed E-state index contributed by atoms with van der Waals surface area (Å²) < 4.78 is 1.15. The molecule has 12 heavy (non-hydrogen) atoms. The van der Waals surface area contributed by atoms with Crippen molar-refractivity contribution in [3.05, 3.63) is 12.2 Å². The van der Waals surface area contributed by atoms with Crippen molar-refractivity contribution in [2.45, 2.75) is 38.5 Å². The maximum Gasteiger partial charge on any atom is 0.0175 e. The van der Waals surface area contributed by atoms with Crippen LogP contribution in [0.4, 0.5) is 0 Å². The van der Waals surface area contributed by atoms with Gasteiger partial charge < -0.3 is 0 Å². The molecule has 0 aliphatic heterocycles. The van der Waals surface area contributed by atoms with Crippen molar-refractivity contribution in [3.63, 3.8) is 0 Å². The van der Waals surface area contributed by atoms with E-state index in [0.717, 1.165) is 4.43 Å². The number of rotatable bonds is 8. The van der Waals surface area contributed by atoms with Crippen LogP contribution in [0.25, 0.3) is 0 Å². The van der Waals surface area contributed by atoms with Gasteiger partial charge >= 0.3 is 0 Å². The van der Waals surface area contributed by atoms with Crippen LogP contribution in [-0.2, 0) is 0 Å². The molecule has 0 atom stereocenters. The Labute approximate surface area is 98.5 Å². The summed E-state index contributed by atoms with van der Waals surface area (Å²) >= 11 is 5.82. The first-order valence-corrected chi connectivity index (χ1v) is 7.33. The van der Waals surface area contributed by atoms with Gasteiger partial charge in [0, 0.05) is 9.76 Å². The van der Waals surface area contributed by atoms with Crippen LogP contribution >= 0.6 is 38.5 Å². The first-order chi connectivity index (χ1) is 5.91. The van der Waals surface area contributed by atoms with E-state index in [1.807, 2.05) is 0 Å². The van der Waals surface area contributed by atoms with Gasteiger partial charge in [-0.15, -0.1) is 0 Å². The van der Waals surface area contributed by atoms with E-state index in [4.69, 9.17) is 0 Å². The van der Waals surface area contributed by atoms with Crippen LogP contribution < -0.4 is 0 Å². The molecule has 0 unspecified atom stereocenters. The van der Waals surface area contributed by atoms with Gasteiger partial charge in [0.1, 0.15) is 0 Å². The Morgan fingerprint density at radius 3 is 2.25 bits per heavy atom. The van der Waals surface area contributed by atoms with E-state index in [-0.39, 0.29) is 0 Å². The lowest BCUT2D eigenvalue weighted by atomic mass is 10.1. The molecule has 0 saturated heterocycles. The second-order valence-corrected chi connectivity index (χ2v) is 4.54. The third kappa shape index (κ3) is 11.0. The third-order valence-electron chi connectivity index (χ3n) is 1.76. The average Bonchev–Trinajstić information content (AvgIpc) is 2.10. The molecule has 2 heteroatoms. The Kier molecular flexibility index (Phi) is 12.9. The van der Waals surface area contributed by atoms with Crippen molar-refractivity contribution in [1.29, 1.82) is 0 Å². The van der Waals surface area contributed by atoms with Crippen molar-refractivity contribution in [2.24, 2.45) is 0 Å². The van der Waals surface area contributed by atoms with E-state index in [1.54, 1.807) is 0 Å². The molecule has 0 bridgehead atoms. The van der Waals surface area contributed by atoms with Crippen LogP contribution in [0.5, 0.6) is 0 Å². The number of hydrogen-bond acceptors (Lipinski definition) is 0. The van der Waals surface area contributed by atoms with Gasteiger partial charge in [0.25, 0.3) is 0 Å². The average molecular weight is 345 g/mol. The zero-order chi connectivity index (χ0) is 9.07. The molecule has 0 amide bonds. The highest BCUT2D eigenvalue weighted by Gasteiger charge is 1.87. The lowest BCUT2D eigenvalue weighted by molar-refractivity contribution is 0.641. The predicted octanol–water partition coefficient (Wildman–Crippen LogP) is 4.71. The Hall–Kier alpha value is 0.950. The van der Waals surface area contributed by atoms with E-state index >= 15 is 0 Å². The summed E-state index contributed by atoms with van der Waals surface area (Å²) in [4.78, 5) is 0. The quantitative estimate of drug-likeness (QED) is 0.259. The summed E-state index contributed by atoms with van der Waals surface area (Å²) in [5, 5.41) is 1.17. The van der Waals surface area contributed by atoms with Crippen LogP contribution in [0.1, 0.15) is 38.5 Å². The second-order valence-electron chi connectivity index (χ2n) is 2.87. The Morgan fingerprint density at radius 2 is 1.58 bits per heavy atom. The molecule has 0 radical (unpaired) electrons. The van der Waals surface area contributed by atoms with Crippen molar-refractivity contribution in [1.82, 2.24) is 0 Å². The maximum atomic E-state index is 3.44. The van der Waals surface area contributed by atoms with Crippen molar-refractivity contribution >= 4 is 38.5 Å². The first kappa shape index (κ1) is 12.9. The number of hydrogen-bond donors (Lipinski definition) is 0. The molecular formula is C10H18BrI. The van der Waals surface area contributed by atoms with Crippen LogP contribution in [-0.4, -0.2) is 9.76 Å². The Balaban J connectivity index is 2.86. The molecule has 0 N–H and O–H groups in total. The van der Waals surface area contributed by atoms with Crippen molar-refractivity contribution in [2.75, 3.05) is 9.76 Å². The fraction of sp³-hybridized carbons (Fsp3) is 0.800. The number of alkyl halides is 2. The van der Waals surface area contributed by atoms with Gasteiger partial charge in [-0.05, 0) is 19.3 Å². The van der Waals surface area contributed by atoms with E-state index in [2.05, 4.69) is 50.7 Å². The Morgan fingerprint density at radius 1 is 0.917 bits per heavy atom. The van der Waals surface area contributed by atoms with Crippen LogP contribution in [0.15, 0.2) is 12.2 Å². The number of halogens is 2. The minimum absolute atomic E-state index is 1.15. The zero-order valence-corrected chi connectivity index (χ0v) is 11.3. The molecule has 72 valence electrons. The second kappa shape index (κ2) is 11.9. The van der Waals surface area contributed by atoms with Crippen molar-refractivity contribution < 1.29 is 0 Å². The fourth-order valence-corrected chi connectivity index (χ4v) is 1.82. The van der Waals surface area contributed by atoms with Gasteiger partial charge in [-0.1, -0.05) is 69.9 Å². The monoisotopic (exact) mass is 344 g/mol. The summed E-state index contributed by atoms with van der Waals surface area (Å²) in [5.74, 6) is 0. The molecule has 0 spiro atoms. The smallest absolute Gasteiger partial charge is 0.0175 e. The number of unbranched alkanes of at least 4 members (excludes halogenated alkanes) is 5. The van der Waals surface area contributed by atoms with E-state index in [9.17, 15) is 0 Å². The van der Waals surface area contributed by atoms with E-state index < -0.39 is 0 Å². The molecule has 0 aromatic rings. The third-order valence-corrected chi connectivity index (χ3v) is 2.83. The summed E-state index contributed by atoms with van der Waals surface area (Å²) in [5.41, 5.74) is 0. The normalized spacial score (nSPS) is 11.2. The SMILES string of the molecule is BrCCCCCCCC=CCI. The molecule has 0 rings (SSSR count).